The Hall–Kier alpha value is -0.920. The first kappa shape index (κ1) is 20.4. The second kappa shape index (κ2) is 9.69. The quantitative estimate of drug-likeness (QED) is 0.599. The summed E-state index contributed by atoms with van der Waals surface area (Å²) in [5.74, 6) is 0.0985. The van der Waals surface area contributed by atoms with Crippen LogP contribution in [0.1, 0.15) is 51.6 Å². The molecule has 1 aromatic rings. The van der Waals surface area contributed by atoms with E-state index in [1.54, 1.807) is 13.1 Å². The van der Waals surface area contributed by atoms with Gasteiger partial charge in [0.1, 0.15) is 0 Å². The minimum atomic E-state index is -3.28. The number of hydrogen-bond donors (Lipinski definition) is 0. The van der Waals surface area contributed by atoms with Crippen LogP contribution < -0.4 is 0 Å². The lowest BCUT2D eigenvalue weighted by Crippen LogP contribution is -2.27. The first-order valence-corrected chi connectivity index (χ1v) is 11.3. The van der Waals surface area contributed by atoms with Gasteiger partial charge in [-0.15, -0.1) is 0 Å². The second-order valence-corrected chi connectivity index (χ2v) is 9.25. The van der Waals surface area contributed by atoms with Crippen LogP contribution in [-0.4, -0.2) is 66.7 Å². The molecule has 0 saturated carbocycles. The van der Waals surface area contributed by atoms with Crippen molar-refractivity contribution in [2.24, 2.45) is 0 Å². The molecule has 0 aromatic carbocycles. The van der Waals surface area contributed by atoms with Gasteiger partial charge in [0, 0.05) is 13.1 Å². The zero-order chi connectivity index (χ0) is 18.3. The topological polar surface area (TPSA) is 58.4 Å². The van der Waals surface area contributed by atoms with Crippen molar-refractivity contribution < 1.29 is 8.42 Å². The summed E-state index contributed by atoms with van der Waals surface area (Å²) < 4.78 is 26.5. The molecule has 0 radical (unpaired) electrons. The molecular formula is C18H34N4O2S. The number of imidazole rings is 1. The van der Waals surface area contributed by atoms with Crippen LogP contribution in [0.5, 0.6) is 0 Å². The van der Waals surface area contributed by atoms with E-state index in [0.29, 0.717) is 0 Å². The second-order valence-electron chi connectivity index (χ2n) is 7.08. The van der Waals surface area contributed by atoms with Crippen molar-refractivity contribution in [2.75, 3.05) is 39.0 Å². The van der Waals surface area contributed by atoms with Crippen LogP contribution in [0.2, 0.25) is 0 Å². The van der Waals surface area contributed by atoms with Gasteiger partial charge in [-0.25, -0.2) is 13.4 Å². The molecule has 0 atom stereocenters. The third-order valence-electron chi connectivity index (χ3n) is 4.94. The number of aromatic nitrogens is 2. The molecule has 0 amide bonds. The summed E-state index contributed by atoms with van der Waals surface area (Å²) in [6, 6.07) is 0. The first-order chi connectivity index (χ1) is 12.0. The van der Waals surface area contributed by atoms with Gasteiger partial charge in [0.2, 0.25) is 15.0 Å². The Morgan fingerprint density at radius 2 is 1.88 bits per heavy atom. The molecule has 7 heteroatoms. The highest BCUT2D eigenvalue weighted by atomic mass is 32.2. The van der Waals surface area contributed by atoms with Crippen molar-refractivity contribution in [2.45, 2.75) is 64.2 Å². The summed E-state index contributed by atoms with van der Waals surface area (Å²) in [6.45, 7) is 9.93. The van der Waals surface area contributed by atoms with E-state index >= 15 is 0 Å². The van der Waals surface area contributed by atoms with Gasteiger partial charge in [0.25, 0.3) is 0 Å². The van der Waals surface area contributed by atoms with Gasteiger partial charge in [-0.2, -0.15) is 0 Å². The summed E-state index contributed by atoms with van der Waals surface area (Å²) in [5, 5.41) is 0.240. The van der Waals surface area contributed by atoms with E-state index in [9.17, 15) is 8.42 Å². The minimum absolute atomic E-state index is 0.0985. The summed E-state index contributed by atoms with van der Waals surface area (Å²) in [7, 11) is -1.17. The number of unbranched alkanes of at least 4 members (excludes halogenated alkanes) is 1. The molecule has 6 nitrogen and oxygen atoms in total. The van der Waals surface area contributed by atoms with Crippen LogP contribution in [-0.2, 0) is 22.9 Å². The summed E-state index contributed by atoms with van der Waals surface area (Å²) in [6.07, 6.45) is 7.57. The number of likely N-dealkylation sites (tertiary alicyclic amines) is 1. The van der Waals surface area contributed by atoms with Crippen molar-refractivity contribution in [3.8, 4) is 0 Å². The molecule has 1 saturated heterocycles. The van der Waals surface area contributed by atoms with Crippen LogP contribution in [0.15, 0.2) is 11.4 Å². The van der Waals surface area contributed by atoms with Gasteiger partial charge < -0.3 is 14.4 Å². The van der Waals surface area contributed by atoms with Crippen molar-refractivity contribution in [3.05, 3.63) is 11.9 Å². The van der Waals surface area contributed by atoms with E-state index in [1.165, 1.54) is 25.9 Å². The molecule has 1 aromatic heterocycles. The molecule has 2 heterocycles. The summed E-state index contributed by atoms with van der Waals surface area (Å²) in [4.78, 5) is 9.06. The standard InChI is InChI=1S/C18H34N4O2S/c1-4-6-14-22-17(15-19-18(22)25(23,24)5-2)16-20(3)10-9-13-21-11-7-8-12-21/h15H,4-14,16H2,1-3H3. The third-order valence-corrected chi connectivity index (χ3v) is 6.58. The van der Waals surface area contributed by atoms with Crippen molar-refractivity contribution >= 4 is 9.84 Å². The molecule has 0 spiro atoms. The third kappa shape index (κ3) is 5.79. The number of rotatable bonds is 11. The largest absolute Gasteiger partial charge is 0.318 e. The van der Waals surface area contributed by atoms with Crippen molar-refractivity contribution in [3.63, 3.8) is 0 Å². The van der Waals surface area contributed by atoms with Crippen molar-refractivity contribution in [1.82, 2.24) is 19.4 Å². The fourth-order valence-corrected chi connectivity index (χ4v) is 4.39. The summed E-state index contributed by atoms with van der Waals surface area (Å²) >= 11 is 0. The number of sulfone groups is 1. The lowest BCUT2D eigenvalue weighted by atomic mass is 10.3. The van der Waals surface area contributed by atoms with Crippen molar-refractivity contribution in [1.29, 1.82) is 0 Å². The maximum absolute atomic E-state index is 12.3. The van der Waals surface area contributed by atoms with Gasteiger partial charge >= 0.3 is 0 Å². The Labute approximate surface area is 153 Å². The highest BCUT2D eigenvalue weighted by Crippen LogP contribution is 2.16. The van der Waals surface area contributed by atoms with Gasteiger partial charge in [-0.3, -0.25) is 0 Å². The van der Waals surface area contributed by atoms with E-state index in [0.717, 1.165) is 51.1 Å². The minimum Gasteiger partial charge on any atom is -0.318 e. The molecule has 1 aliphatic rings. The lowest BCUT2D eigenvalue weighted by molar-refractivity contribution is 0.270. The van der Waals surface area contributed by atoms with Crippen LogP contribution in [0.25, 0.3) is 0 Å². The van der Waals surface area contributed by atoms with Crippen LogP contribution in [0.3, 0.4) is 0 Å². The Morgan fingerprint density at radius 1 is 1.16 bits per heavy atom. The molecular weight excluding hydrogens is 336 g/mol. The SMILES string of the molecule is CCCCn1c(CN(C)CCCN2CCCC2)cnc1S(=O)(=O)CC. The highest BCUT2D eigenvalue weighted by molar-refractivity contribution is 7.91. The van der Waals surface area contributed by atoms with E-state index < -0.39 is 9.84 Å². The fraction of sp³-hybridized carbons (Fsp3) is 0.833. The molecule has 0 unspecified atom stereocenters. The Balaban J connectivity index is 1.97. The van der Waals surface area contributed by atoms with E-state index in [-0.39, 0.29) is 10.9 Å². The average Bonchev–Trinajstić information content (AvgIpc) is 3.23. The molecule has 0 N–H and O–H groups in total. The average molecular weight is 371 g/mol. The Bertz CT molecular complexity index is 621. The number of hydrogen-bond acceptors (Lipinski definition) is 5. The summed E-state index contributed by atoms with van der Waals surface area (Å²) in [5.41, 5.74) is 1.00. The molecule has 25 heavy (non-hydrogen) atoms. The molecule has 0 aliphatic carbocycles. The normalized spacial score (nSPS) is 16.2. The zero-order valence-electron chi connectivity index (χ0n) is 16.1. The highest BCUT2D eigenvalue weighted by Gasteiger charge is 2.21. The van der Waals surface area contributed by atoms with Gasteiger partial charge in [-0.1, -0.05) is 20.3 Å². The van der Waals surface area contributed by atoms with Crippen LogP contribution in [0, 0.1) is 0 Å². The zero-order valence-corrected chi connectivity index (χ0v) is 16.9. The van der Waals surface area contributed by atoms with Gasteiger partial charge in [0.05, 0.1) is 17.6 Å². The first-order valence-electron chi connectivity index (χ1n) is 9.66. The van der Waals surface area contributed by atoms with Gasteiger partial charge in [0.15, 0.2) is 0 Å². The molecule has 1 fully saturated rings. The molecule has 2 rings (SSSR count). The maximum Gasteiger partial charge on any atom is 0.227 e. The van der Waals surface area contributed by atoms with Crippen LogP contribution >= 0.6 is 0 Å². The monoisotopic (exact) mass is 370 g/mol. The van der Waals surface area contributed by atoms with Crippen LogP contribution in [0.4, 0.5) is 0 Å². The van der Waals surface area contributed by atoms with E-state index in [2.05, 4.69) is 28.8 Å². The van der Waals surface area contributed by atoms with E-state index in [4.69, 9.17) is 0 Å². The maximum atomic E-state index is 12.3. The Morgan fingerprint density at radius 3 is 2.52 bits per heavy atom. The Kier molecular flexibility index (Phi) is 7.90. The smallest absolute Gasteiger partial charge is 0.227 e. The number of nitrogens with zero attached hydrogens (tertiary/aromatic N) is 4. The predicted molar refractivity (Wildman–Crippen MR) is 101 cm³/mol. The molecule has 144 valence electrons. The van der Waals surface area contributed by atoms with Gasteiger partial charge in [-0.05, 0) is 58.9 Å². The fourth-order valence-electron chi connectivity index (χ4n) is 3.38. The lowest BCUT2D eigenvalue weighted by Gasteiger charge is -2.20. The molecule has 1 aliphatic heterocycles. The van der Waals surface area contributed by atoms with E-state index in [1.807, 2.05) is 4.57 Å². The predicted octanol–water partition coefficient (Wildman–Crippen LogP) is 2.39. The molecule has 0 bridgehead atoms.